The number of rotatable bonds is 1. The topological polar surface area (TPSA) is 95.5 Å². The van der Waals surface area contributed by atoms with Crippen LogP contribution in [0.5, 0.6) is 0 Å². The molecule has 6 nitrogen and oxygen atoms in total. The van der Waals surface area contributed by atoms with Gasteiger partial charge in [-0.2, -0.15) is 0 Å². The van der Waals surface area contributed by atoms with Gasteiger partial charge in [-0.25, -0.2) is 0 Å². The van der Waals surface area contributed by atoms with E-state index in [1.54, 1.807) is 12.2 Å². The summed E-state index contributed by atoms with van der Waals surface area (Å²) in [6.07, 6.45) is 17.7. The Hall–Kier alpha value is -2.63. The van der Waals surface area contributed by atoms with Gasteiger partial charge in [0, 0.05) is 6.54 Å². The highest BCUT2D eigenvalue weighted by Crippen LogP contribution is 2.67. The van der Waals surface area contributed by atoms with Crippen LogP contribution in [0.3, 0.4) is 0 Å². The van der Waals surface area contributed by atoms with Gasteiger partial charge in [-0.3, -0.25) is 14.4 Å². The highest BCUT2D eigenvalue weighted by molar-refractivity contribution is 6.27. The van der Waals surface area contributed by atoms with E-state index in [0.717, 1.165) is 36.5 Å². The van der Waals surface area contributed by atoms with Gasteiger partial charge < -0.3 is 15.7 Å². The lowest BCUT2D eigenvalue weighted by atomic mass is 9.52. The van der Waals surface area contributed by atoms with Crippen LogP contribution in [0.1, 0.15) is 52.4 Å². The van der Waals surface area contributed by atoms with Gasteiger partial charge in [0.15, 0.2) is 5.78 Å². The largest absolute Gasteiger partial charge is 0.507 e. The minimum Gasteiger partial charge on any atom is -0.507 e. The normalized spacial score (nSPS) is 45.0. The number of carbonyl (C=O) groups excluding carboxylic acids is 3. The average Bonchev–Trinajstić information content (AvgIpc) is 3.45. The van der Waals surface area contributed by atoms with Crippen LogP contribution >= 0.6 is 0 Å². The molecule has 11 atom stereocenters. The van der Waals surface area contributed by atoms with E-state index in [1.807, 2.05) is 6.08 Å². The zero-order chi connectivity index (χ0) is 25.8. The summed E-state index contributed by atoms with van der Waals surface area (Å²) in [6.45, 7) is 5.24. The molecule has 4 aliphatic carbocycles. The predicted octanol–water partition coefficient (Wildman–Crippen LogP) is 4.26. The Bertz CT molecular complexity index is 1100. The number of Topliss-reactive ketones (excluding diaryl/α,β-unsaturated/α-hetero) is 1. The Balaban J connectivity index is 1.35. The van der Waals surface area contributed by atoms with Gasteiger partial charge in [-0.1, -0.05) is 44.6 Å². The number of aliphatic hydroxyl groups excluding tert-OH is 1. The maximum Gasteiger partial charge on any atom is 0.259 e. The molecular formula is C31H40N2O4. The maximum atomic E-state index is 12.9. The fraction of sp³-hybridized carbons (Fsp3) is 0.645. The number of carbonyl (C=O) groups is 3. The van der Waals surface area contributed by atoms with Gasteiger partial charge in [0.1, 0.15) is 11.3 Å². The number of aliphatic hydroxyl groups is 1. The Kier molecular flexibility index (Phi) is 6.40. The molecule has 3 saturated carbocycles. The zero-order valence-electron chi connectivity index (χ0n) is 21.9. The van der Waals surface area contributed by atoms with Crippen molar-refractivity contribution >= 4 is 17.6 Å². The van der Waals surface area contributed by atoms with Gasteiger partial charge in [-0.05, 0) is 103 Å². The third-order valence-electron chi connectivity index (χ3n) is 10.9. The first kappa shape index (κ1) is 24.7. The summed E-state index contributed by atoms with van der Waals surface area (Å²) < 4.78 is 0. The molecular weight excluding hydrogens is 464 g/mol. The number of hydrogen-bond acceptors (Lipinski definition) is 4. The summed E-state index contributed by atoms with van der Waals surface area (Å²) in [5.74, 6) is 4.95. The molecule has 1 saturated heterocycles. The zero-order valence-corrected chi connectivity index (χ0v) is 21.9. The van der Waals surface area contributed by atoms with Gasteiger partial charge >= 0.3 is 0 Å². The molecule has 2 bridgehead atoms. The molecule has 3 N–H and O–H groups in total. The first-order valence-electron chi connectivity index (χ1n) is 14.5. The summed E-state index contributed by atoms with van der Waals surface area (Å²) in [7, 11) is 0. The van der Waals surface area contributed by atoms with E-state index in [-0.39, 0.29) is 28.9 Å². The fourth-order valence-corrected chi connectivity index (χ4v) is 9.37. The van der Waals surface area contributed by atoms with Crippen molar-refractivity contribution in [2.75, 3.05) is 6.54 Å². The van der Waals surface area contributed by atoms with E-state index < -0.39 is 11.9 Å². The molecule has 6 rings (SSSR count). The van der Waals surface area contributed by atoms with Crippen LogP contribution in [0.4, 0.5) is 0 Å². The lowest BCUT2D eigenvalue weighted by Gasteiger charge is -2.53. The molecule has 0 aromatic heterocycles. The van der Waals surface area contributed by atoms with Crippen molar-refractivity contribution in [2.45, 2.75) is 58.4 Å². The second-order valence-corrected chi connectivity index (χ2v) is 12.5. The Labute approximate surface area is 219 Å². The summed E-state index contributed by atoms with van der Waals surface area (Å²) >= 11 is 0. The fourth-order valence-electron chi connectivity index (χ4n) is 9.37. The lowest BCUT2D eigenvalue weighted by Crippen LogP contribution is -2.47. The van der Waals surface area contributed by atoms with Crippen molar-refractivity contribution < 1.29 is 19.5 Å². The molecule has 2 aliphatic heterocycles. The van der Waals surface area contributed by atoms with Crippen molar-refractivity contribution in [1.82, 2.24) is 10.6 Å². The maximum absolute atomic E-state index is 12.9. The van der Waals surface area contributed by atoms with Crippen LogP contribution in [-0.4, -0.2) is 35.3 Å². The quantitative estimate of drug-likeness (QED) is 0.367. The Morgan fingerprint density at radius 1 is 0.973 bits per heavy atom. The summed E-state index contributed by atoms with van der Waals surface area (Å²) in [5.41, 5.74) is -0.123. The molecule has 198 valence electrons. The molecule has 0 spiro atoms. The number of nitrogens with one attached hydrogen (secondary N) is 2. The highest BCUT2D eigenvalue weighted by Gasteiger charge is 2.61. The predicted molar refractivity (Wildman–Crippen MR) is 141 cm³/mol. The van der Waals surface area contributed by atoms with E-state index in [1.165, 1.54) is 12.8 Å². The second-order valence-electron chi connectivity index (χ2n) is 12.5. The smallest absolute Gasteiger partial charge is 0.259 e. The van der Waals surface area contributed by atoms with Crippen LogP contribution in [0.25, 0.3) is 0 Å². The minimum absolute atomic E-state index is 0.103. The lowest BCUT2D eigenvalue weighted by molar-refractivity contribution is -0.118. The first-order chi connectivity index (χ1) is 17.9. The van der Waals surface area contributed by atoms with E-state index >= 15 is 0 Å². The molecule has 4 fully saturated rings. The number of amides is 2. The number of fused-ring (bicyclic) bond motifs is 10. The van der Waals surface area contributed by atoms with E-state index in [0.29, 0.717) is 49.0 Å². The molecule has 0 aromatic carbocycles. The monoisotopic (exact) mass is 504 g/mol. The molecule has 6 heteroatoms. The van der Waals surface area contributed by atoms with Crippen LogP contribution in [0.15, 0.2) is 47.8 Å². The third kappa shape index (κ3) is 4.02. The standard InChI is InChI=1S/C31H40N2O4/c1-3-18-16(2)14-22-23-15-17-9-12-25(34)29-30(36)24(33-31(29)37)7-5-13-32-26(35)8-4-6-19(17)28(23)21-11-10-20(21)27(18)22/h4,8-12,16-24,27-28,34H,3,5-7,13-15H2,1-2H3,(H,32,35)(H,33,37). The molecule has 2 heterocycles. The van der Waals surface area contributed by atoms with E-state index in [9.17, 15) is 19.5 Å². The Morgan fingerprint density at radius 3 is 2.49 bits per heavy atom. The number of allylic oxidation sites excluding steroid dienone is 5. The van der Waals surface area contributed by atoms with Crippen molar-refractivity contribution in [2.24, 2.45) is 59.2 Å². The van der Waals surface area contributed by atoms with Crippen LogP contribution in [0.2, 0.25) is 0 Å². The minimum atomic E-state index is -0.643. The van der Waals surface area contributed by atoms with E-state index in [2.05, 4.69) is 42.7 Å². The molecule has 11 unspecified atom stereocenters. The van der Waals surface area contributed by atoms with E-state index in [4.69, 9.17) is 0 Å². The van der Waals surface area contributed by atoms with Gasteiger partial charge in [0.05, 0.1) is 6.04 Å². The first-order valence-corrected chi connectivity index (χ1v) is 14.5. The van der Waals surface area contributed by atoms with Gasteiger partial charge in [0.25, 0.3) is 5.91 Å². The summed E-state index contributed by atoms with van der Waals surface area (Å²) in [4.78, 5) is 37.9. The summed E-state index contributed by atoms with van der Waals surface area (Å²) in [5, 5.41) is 16.5. The summed E-state index contributed by atoms with van der Waals surface area (Å²) in [6, 6.07) is -0.643. The second kappa shape index (κ2) is 9.59. The SMILES string of the molecule is CCC1C(C)CC2C3CC4C=CC(O)=C5C(=O)NC(CCCNC(=O)C=CCC4C3C3C=CC3C12)C5=O. The van der Waals surface area contributed by atoms with Crippen LogP contribution in [0, 0.1) is 59.2 Å². The molecule has 2 amide bonds. The van der Waals surface area contributed by atoms with Gasteiger partial charge in [0.2, 0.25) is 5.91 Å². The Morgan fingerprint density at radius 2 is 1.73 bits per heavy atom. The van der Waals surface area contributed by atoms with Crippen molar-refractivity contribution in [3.8, 4) is 0 Å². The molecule has 0 radical (unpaired) electrons. The van der Waals surface area contributed by atoms with Crippen molar-refractivity contribution in [1.29, 1.82) is 0 Å². The van der Waals surface area contributed by atoms with Crippen molar-refractivity contribution in [3.05, 3.63) is 47.8 Å². The molecule has 0 aromatic rings. The number of ketones is 1. The van der Waals surface area contributed by atoms with Crippen LogP contribution < -0.4 is 10.6 Å². The molecule has 37 heavy (non-hydrogen) atoms. The third-order valence-corrected chi connectivity index (χ3v) is 10.9. The van der Waals surface area contributed by atoms with Crippen LogP contribution in [-0.2, 0) is 14.4 Å². The van der Waals surface area contributed by atoms with Crippen molar-refractivity contribution in [3.63, 3.8) is 0 Å². The average molecular weight is 505 g/mol. The molecule has 6 aliphatic rings. The highest BCUT2D eigenvalue weighted by atomic mass is 16.3. The number of hydrogen-bond donors (Lipinski definition) is 3. The van der Waals surface area contributed by atoms with Gasteiger partial charge in [-0.15, -0.1) is 0 Å².